The van der Waals surface area contributed by atoms with E-state index in [1.165, 1.54) is 6.07 Å². The highest BCUT2D eigenvalue weighted by Crippen LogP contribution is 2.25. The summed E-state index contributed by atoms with van der Waals surface area (Å²) in [6, 6.07) is 1.30. The molecule has 6 heteroatoms. The summed E-state index contributed by atoms with van der Waals surface area (Å²) in [6.45, 7) is 5.46. The van der Waals surface area contributed by atoms with Crippen LogP contribution in [-0.4, -0.2) is 43.8 Å². The quantitative estimate of drug-likeness (QED) is 0.824. The van der Waals surface area contributed by atoms with E-state index in [1.807, 2.05) is 0 Å². The van der Waals surface area contributed by atoms with Crippen LogP contribution in [0.2, 0.25) is 0 Å². The average Bonchev–Trinajstić information content (AvgIpc) is 2.34. The second-order valence-corrected chi connectivity index (χ2v) is 4.76. The third-order valence-electron chi connectivity index (χ3n) is 3.49. The molecule has 0 radical (unpaired) electrons. The van der Waals surface area contributed by atoms with Gasteiger partial charge in [0.05, 0.1) is 6.07 Å². The summed E-state index contributed by atoms with van der Waals surface area (Å²) in [5.41, 5.74) is 0. The van der Waals surface area contributed by atoms with Gasteiger partial charge in [-0.3, -0.25) is 0 Å². The van der Waals surface area contributed by atoms with Gasteiger partial charge in [-0.25, -0.2) is 0 Å². The fourth-order valence-corrected chi connectivity index (χ4v) is 2.17. The first kappa shape index (κ1) is 15.3. The van der Waals surface area contributed by atoms with Crippen molar-refractivity contribution < 1.29 is 13.2 Å². The summed E-state index contributed by atoms with van der Waals surface area (Å²) in [7, 11) is 0. The molecule has 1 N–H and O–H groups in total. The number of hydrogen-bond donors (Lipinski definition) is 1. The van der Waals surface area contributed by atoms with E-state index in [1.54, 1.807) is 0 Å². The fraction of sp³-hybridized carbons (Fsp3) is 0.917. The molecule has 0 aromatic heterocycles. The third kappa shape index (κ3) is 4.83. The van der Waals surface area contributed by atoms with Crippen LogP contribution in [0.5, 0.6) is 0 Å². The van der Waals surface area contributed by atoms with Crippen molar-refractivity contribution in [1.29, 1.82) is 5.26 Å². The highest BCUT2D eigenvalue weighted by molar-refractivity contribution is 4.90. The molecule has 0 amide bonds. The molecule has 1 saturated heterocycles. The number of hydrogen-bond acceptors (Lipinski definition) is 3. The molecule has 1 heterocycles. The minimum absolute atomic E-state index is 0.298. The van der Waals surface area contributed by atoms with Gasteiger partial charge >= 0.3 is 6.18 Å². The van der Waals surface area contributed by atoms with Gasteiger partial charge in [0.2, 0.25) is 0 Å². The zero-order valence-corrected chi connectivity index (χ0v) is 10.6. The molecule has 0 spiro atoms. The van der Waals surface area contributed by atoms with Gasteiger partial charge in [-0.1, -0.05) is 6.92 Å². The molecule has 0 saturated carbocycles. The van der Waals surface area contributed by atoms with Gasteiger partial charge in [0.25, 0.3) is 0 Å². The van der Waals surface area contributed by atoms with Gasteiger partial charge in [-0.05, 0) is 44.9 Å². The normalized spacial score (nSPS) is 20.6. The molecule has 1 rings (SSSR count). The lowest BCUT2D eigenvalue weighted by Crippen LogP contribution is -2.39. The maximum atomic E-state index is 12.3. The Morgan fingerprint density at radius 3 is 2.44 bits per heavy atom. The molecule has 0 bridgehead atoms. The maximum absolute atomic E-state index is 12.3. The number of rotatable bonds is 5. The topological polar surface area (TPSA) is 39.1 Å². The molecule has 1 fully saturated rings. The van der Waals surface area contributed by atoms with E-state index in [-0.39, 0.29) is 6.54 Å². The van der Waals surface area contributed by atoms with Gasteiger partial charge in [0, 0.05) is 6.54 Å². The van der Waals surface area contributed by atoms with Crippen LogP contribution in [0.15, 0.2) is 0 Å². The number of alkyl halides is 3. The number of nitrogens with one attached hydrogen (secondary N) is 1. The van der Waals surface area contributed by atoms with Crippen LogP contribution in [0.3, 0.4) is 0 Å². The van der Waals surface area contributed by atoms with Crippen LogP contribution in [0.1, 0.15) is 19.8 Å². The molecule has 1 aliphatic heterocycles. The van der Waals surface area contributed by atoms with Crippen molar-refractivity contribution in [3.05, 3.63) is 0 Å². The van der Waals surface area contributed by atoms with Crippen molar-refractivity contribution >= 4 is 0 Å². The summed E-state index contributed by atoms with van der Waals surface area (Å²) in [5.74, 6) is -1.46. The molecular weight excluding hydrogens is 243 g/mol. The van der Waals surface area contributed by atoms with Crippen LogP contribution in [0.25, 0.3) is 0 Å². The van der Waals surface area contributed by atoms with E-state index < -0.39 is 12.1 Å². The van der Waals surface area contributed by atoms with Crippen LogP contribution >= 0.6 is 0 Å². The average molecular weight is 263 g/mol. The van der Waals surface area contributed by atoms with Crippen molar-refractivity contribution in [2.45, 2.75) is 25.9 Å². The van der Waals surface area contributed by atoms with Gasteiger partial charge in [0.15, 0.2) is 5.92 Å². The first-order valence-corrected chi connectivity index (χ1v) is 6.36. The Morgan fingerprint density at radius 1 is 1.39 bits per heavy atom. The second kappa shape index (κ2) is 6.95. The summed E-state index contributed by atoms with van der Waals surface area (Å²) in [6.07, 6.45) is -2.39. The lowest BCUT2D eigenvalue weighted by Gasteiger charge is -2.31. The lowest BCUT2D eigenvalue weighted by molar-refractivity contribution is -0.157. The molecule has 1 atom stereocenters. The Hall–Kier alpha value is -0.800. The van der Waals surface area contributed by atoms with Crippen molar-refractivity contribution in [1.82, 2.24) is 10.2 Å². The zero-order valence-electron chi connectivity index (χ0n) is 10.6. The molecule has 0 aliphatic carbocycles. The minimum atomic E-state index is -4.42. The van der Waals surface area contributed by atoms with Gasteiger partial charge in [0.1, 0.15) is 0 Å². The largest absolute Gasteiger partial charge is 0.405 e. The van der Waals surface area contributed by atoms with Crippen molar-refractivity contribution in [2.75, 3.05) is 32.7 Å². The smallest absolute Gasteiger partial charge is 0.315 e. The van der Waals surface area contributed by atoms with E-state index in [2.05, 4.69) is 17.1 Å². The van der Waals surface area contributed by atoms with Gasteiger partial charge in [-0.15, -0.1) is 0 Å². The number of nitrogens with zero attached hydrogens (tertiary/aromatic N) is 2. The van der Waals surface area contributed by atoms with E-state index in [0.29, 0.717) is 12.5 Å². The first-order chi connectivity index (χ1) is 8.47. The van der Waals surface area contributed by atoms with E-state index >= 15 is 0 Å². The SMILES string of the molecule is CCN1CCC(CNCC(C#N)C(F)(F)F)CC1. The van der Waals surface area contributed by atoms with E-state index in [0.717, 1.165) is 32.5 Å². The van der Waals surface area contributed by atoms with Gasteiger partial charge in [-0.2, -0.15) is 18.4 Å². The Labute approximate surface area is 106 Å². The van der Waals surface area contributed by atoms with Crippen molar-refractivity contribution in [2.24, 2.45) is 11.8 Å². The second-order valence-electron chi connectivity index (χ2n) is 4.76. The number of likely N-dealkylation sites (tertiary alicyclic amines) is 1. The van der Waals surface area contributed by atoms with Crippen molar-refractivity contribution in [3.63, 3.8) is 0 Å². The third-order valence-corrected chi connectivity index (χ3v) is 3.49. The Bertz CT molecular complexity index is 277. The Kier molecular flexibility index (Phi) is 5.89. The molecule has 18 heavy (non-hydrogen) atoms. The summed E-state index contributed by atoms with van der Waals surface area (Å²) >= 11 is 0. The first-order valence-electron chi connectivity index (χ1n) is 6.36. The molecule has 1 unspecified atom stereocenters. The Balaban J connectivity index is 2.21. The highest BCUT2D eigenvalue weighted by atomic mass is 19.4. The van der Waals surface area contributed by atoms with Gasteiger partial charge < -0.3 is 10.2 Å². The number of piperidine rings is 1. The molecular formula is C12H20F3N3. The predicted molar refractivity (Wildman–Crippen MR) is 62.9 cm³/mol. The van der Waals surface area contributed by atoms with Crippen LogP contribution in [0.4, 0.5) is 13.2 Å². The summed E-state index contributed by atoms with van der Waals surface area (Å²) < 4.78 is 36.9. The van der Waals surface area contributed by atoms with Crippen molar-refractivity contribution in [3.8, 4) is 6.07 Å². The summed E-state index contributed by atoms with van der Waals surface area (Å²) in [4.78, 5) is 2.34. The monoisotopic (exact) mass is 263 g/mol. The zero-order chi connectivity index (χ0) is 13.6. The highest BCUT2D eigenvalue weighted by Gasteiger charge is 2.39. The van der Waals surface area contributed by atoms with E-state index in [4.69, 9.17) is 5.26 Å². The van der Waals surface area contributed by atoms with Crippen LogP contribution in [0, 0.1) is 23.2 Å². The molecule has 3 nitrogen and oxygen atoms in total. The summed E-state index contributed by atoms with van der Waals surface area (Å²) in [5, 5.41) is 11.2. The van der Waals surface area contributed by atoms with E-state index in [9.17, 15) is 13.2 Å². The standard InChI is InChI=1S/C12H20F3N3/c1-2-18-5-3-10(4-6-18)8-17-9-11(7-16)12(13,14)15/h10-11,17H,2-6,8-9H2,1H3. The number of halogens is 3. The predicted octanol–water partition coefficient (Wildman–Crippen LogP) is 2.01. The van der Waals surface area contributed by atoms with Crippen LogP contribution in [-0.2, 0) is 0 Å². The minimum Gasteiger partial charge on any atom is -0.315 e. The lowest BCUT2D eigenvalue weighted by atomic mass is 9.96. The molecule has 0 aromatic carbocycles. The number of nitriles is 1. The van der Waals surface area contributed by atoms with Crippen LogP contribution < -0.4 is 5.32 Å². The Morgan fingerprint density at radius 2 is 2.00 bits per heavy atom. The maximum Gasteiger partial charge on any atom is 0.405 e. The fourth-order valence-electron chi connectivity index (χ4n) is 2.17. The molecule has 104 valence electrons. The molecule has 1 aliphatic rings. The molecule has 0 aromatic rings.